The molecule has 1 atom stereocenters. The molecule has 33 heavy (non-hydrogen) atoms. The van der Waals surface area contributed by atoms with Crippen LogP contribution in [0.5, 0.6) is 0 Å². The fourth-order valence-electron chi connectivity index (χ4n) is 3.64. The fraction of sp³-hybridized carbons (Fsp3) is 0.0435. The van der Waals surface area contributed by atoms with E-state index in [1.807, 2.05) is 0 Å². The molecule has 10 heteroatoms. The van der Waals surface area contributed by atoms with Gasteiger partial charge < -0.3 is 5.11 Å². The lowest BCUT2D eigenvalue weighted by atomic mass is 9.95. The van der Waals surface area contributed by atoms with E-state index in [9.17, 15) is 23.1 Å². The fourth-order valence-corrected chi connectivity index (χ4v) is 4.46. The molecule has 3 aromatic carbocycles. The van der Waals surface area contributed by atoms with Crippen LogP contribution in [0.2, 0.25) is 10.0 Å². The van der Waals surface area contributed by atoms with E-state index in [2.05, 4.69) is 0 Å². The first-order chi connectivity index (χ1) is 15.6. The van der Waals surface area contributed by atoms with Crippen molar-refractivity contribution in [2.24, 2.45) is 5.14 Å². The van der Waals surface area contributed by atoms with E-state index >= 15 is 0 Å². The zero-order valence-electron chi connectivity index (χ0n) is 16.8. The highest BCUT2D eigenvalue weighted by Crippen LogP contribution is 2.42. The molecule has 0 bridgehead atoms. The number of aliphatic hydroxyl groups excluding tert-OH is 1. The lowest BCUT2D eigenvalue weighted by Crippen LogP contribution is -2.29. The maximum absolute atomic E-state index is 13.1. The number of amides is 1. The molecule has 1 saturated heterocycles. The van der Waals surface area contributed by atoms with Gasteiger partial charge in [0.2, 0.25) is 10.0 Å². The average molecular weight is 503 g/mol. The van der Waals surface area contributed by atoms with Crippen LogP contribution >= 0.6 is 23.2 Å². The third-order valence-corrected chi connectivity index (χ3v) is 6.86. The third kappa shape index (κ3) is 4.26. The molecule has 1 fully saturated rings. The minimum Gasteiger partial charge on any atom is -0.507 e. The van der Waals surface area contributed by atoms with E-state index in [4.69, 9.17) is 28.3 Å². The van der Waals surface area contributed by atoms with E-state index in [0.717, 1.165) is 0 Å². The summed E-state index contributed by atoms with van der Waals surface area (Å²) in [6, 6.07) is 17.3. The number of rotatable bonds is 4. The predicted octanol–water partition coefficient (Wildman–Crippen LogP) is 4.27. The van der Waals surface area contributed by atoms with Gasteiger partial charge in [0.1, 0.15) is 5.76 Å². The van der Waals surface area contributed by atoms with E-state index in [0.29, 0.717) is 5.56 Å². The number of carbonyl (C=O) groups is 2. The Balaban J connectivity index is 1.92. The summed E-state index contributed by atoms with van der Waals surface area (Å²) in [7, 11) is -3.94. The molecule has 1 heterocycles. The Morgan fingerprint density at radius 2 is 1.55 bits per heavy atom. The van der Waals surface area contributed by atoms with E-state index in [1.165, 1.54) is 47.4 Å². The van der Waals surface area contributed by atoms with Crippen molar-refractivity contribution in [2.45, 2.75) is 10.9 Å². The van der Waals surface area contributed by atoms with Gasteiger partial charge in [0, 0.05) is 11.3 Å². The highest BCUT2D eigenvalue weighted by atomic mass is 35.5. The van der Waals surface area contributed by atoms with Crippen molar-refractivity contribution in [1.82, 2.24) is 0 Å². The number of hydrogen-bond acceptors (Lipinski definition) is 5. The van der Waals surface area contributed by atoms with Crippen LogP contribution in [0, 0.1) is 0 Å². The van der Waals surface area contributed by atoms with Crippen molar-refractivity contribution in [3.63, 3.8) is 0 Å². The van der Waals surface area contributed by atoms with E-state index < -0.39 is 33.5 Å². The van der Waals surface area contributed by atoms with Gasteiger partial charge in [-0.05, 0) is 48.0 Å². The Kier molecular flexibility index (Phi) is 6.02. The number of sulfonamides is 1. The lowest BCUT2D eigenvalue weighted by molar-refractivity contribution is -0.132. The Morgan fingerprint density at radius 3 is 2.12 bits per heavy atom. The smallest absolute Gasteiger partial charge is 0.300 e. The molecule has 168 valence electrons. The quantitative estimate of drug-likeness (QED) is 0.313. The monoisotopic (exact) mass is 502 g/mol. The summed E-state index contributed by atoms with van der Waals surface area (Å²) in [5.41, 5.74) is 0.897. The third-order valence-electron chi connectivity index (χ3n) is 5.20. The highest BCUT2D eigenvalue weighted by molar-refractivity contribution is 7.89. The predicted molar refractivity (Wildman–Crippen MR) is 126 cm³/mol. The second-order valence-corrected chi connectivity index (χ2v) is 9.62. The molecule has 1 amide bonds. The molecule has 1 aliphatic heterocycles. The minimum atomic E-state index is -3.94. The van der Waals surface area contributed by atoms with Crippen molar-refractivity contribution < 1.29 is 23.1 Å². The number of nitrogens with zero attached hydrogens (tertiary/aromatic N) is 1. The Hall–Kier alpha value is -3.17. The molecule has 0 spiro atoms. The molecule has 0 aromatic heterocycles. The normalized spacial score (nSPS) is 18.0. The zero-order valence-corrected chi connectivity index (χ0v) is 19.1. The first kappa shape index (κ1) is 23.0. The van der Waals surface area contributed by atoms with E-state index in [-0.39, 0.29) is 31.8 Å². The van der Waals surface area contributed by atoms with Crippen molar-refractivity contribution in [2.75, 3.05) is 4.90 Å². The molecular formula is C23H16Cl2N2O5S. The summed E-state index contributed by atoms with van der Waals surface area (Å²) in [5.74, 6) is -2.19. The van der Waals surface area contributed by atoms with Crippen LogP contribution in [0.3, 0.4) is 0 Å². The van der Waals surface area contributed by atoms with Crippen LogP contribution in [0.4, 0.5) is 5.69 Å². The van der Waals surface area contributed by atoms with Gasteiger partial charge in [-0.2, -0.15) is 0 Å². The number of benzene rings is 3. The van der Waals surface area contributed by atoms with Gasteiger partial charge in [-0.15, -0.1) is 0 Å². The molecule has 0 radical (unpaired) electrons. The lowest BCUT2D eigenvalue weighted by Gasteiger charge is -2.25. The van der Waals surface area contributed by atoms with Crippen molar-refractivity contribution in [3.05, 3.63) is 99.5 Å². The van der Waals surface area contributed by atoms with Gasteiger partial charge in [-0.25, -0.2) is 13.6 Å². The SMILES string of the molecule is NS(=O)(=O)c1ccc(N2C(=O)C(=O)/C(=C(/O)c3ccc(Cl)c(Cl)c3)C2c2ccccc2)cc1. The average Bonchev–Trinajstić information content (AvgIpc) is 3.06. The van der Waals surface area contributed by atoms with Gasteiger partial charge >= 0.3 is 0 Å². The minimum absolute atomic E-state index is 0.139. The standard InChI is InChI=1S/C23H16Cl2N2O5S/c24-17-11-6-14(12-18(17)25)21(28)19-20(13-4-2-1-3-5-13)27(23(30)22(19)29)15-7-9-16(10-8-15)33(26,31)32/h1-12,20,28H,(H2,26,31,32)/b21-19+. The number of halogens is 2. The van der Waals surface area contributed by atoms with Crippen LogP contribution in [-0.4, -0.2) is 25.2 Å². The highest BCUT2D eigenvalue weighted by Gasteiger charge is 2.47. The van der Waals surface area contributed by atoms with Crippen molar-refractivity contribution >= 4 is 56.4 Å². The second kappa shape index (κ2) is 8.64. The Bertz CT molecular complexity index is 1400. The number of aliphatic hydroxyl groups is 1. The number of Topliss-reactive ketones (excluding diaryl/α,β-unsaturated/α-hetero) is 1. The molecule has 7 nitrogen and oxygen atoms in total. The number of anilines is 1. The number of hydrogen-bond donors (Lipinski definition) is 2. The number of ketones is 1. The van der Waals surface area contributed by atoms with Crippen LogP contribution < -0.4 is 10.0 Å². The first-order valence-electron chi connectivity index (χ1n) is 9.54. The molecule has 0 aliphatic carbocycles. The Morgan fingerprint density at radius 1 is 0.909 bits per heavy atom. The summed E-state index contributed by atoms with van der Waals surface area (Å²) in [5, 5.41) is 16.6. The van der Waals surface area contributed by atoms with Crippen LogP contribution in [0.15, 0.2) is 83.3 Å². The van der Waals surface area contributed by atoms with Gasteiger partial charge in [0.05, 0.1) is 26.6 Å². The molecule has 4 rings (SSSR count). The molecule has 1 unspecified atom stereocenters. The first-order valence-corrected chi connectivity index (χ1v) is 11.8. The number of carbonyl (C=O) groups excluding carboxylic acids is 2. The molecule has 1 aliphatic rings. The van der Waals surface area contributed by atoms with Gasteiger partial charge in [0.25, 0.3) is 11.7 Å². The molecule has 0 saturated carbocycles. The Labute approximate surface area is 199 Å². The molecule has 3 aromatic rings. The van der Waals surface area contributed by atoms with Gasteiger partial charge in [-0.3, -0.25) is 14.5 Å². The number of nitrogens with two attached hydrogens (primary N) is 1. The van der Waals surface area contributed by atoms with Gasteiger partial charge in [-0.1, -0.05) is 53.5 Å². The maximum atomic E-state index is 13.1. The zero-order chi connectivity index (χ0) is 23.9. The summed E-state index contributed by atoms with van der Waals surface area (Å²) < 4.78 is 23.2. The molecular weight excluding hydrogens is 487 g/mol. The summed E-state index contributed by atoms with van der Waals surface area (Å²) in [6.07, 6.45) is 0. The van der Waals surface area contributed by atoms with E-state index in [1.54, 1.807) is 30.3 Å². The maximum Gasteiger partial charge on any atom is 0.300 e. The topological polar surface area (TPSA) is 118 Å². The van der Waals surface area contributed by atoms with Crippen LogP contribution in [0.1, 0.15) is 17.2 Å². The van der Waals surface area contributed by atoms with Crippen LogP contribution in [-0.2, 0) is 19.6 Å². The van der Waals surface area contributed by atoms with Crippen molar-refractivity contribution in [3.8, 4) is 0 Å². The summed E-state index contributed by atoms with van der Waals surface area (Å²) in [6.45, 7) is 0. The largest absolute Gasteiger partial charge is 0.507 e. The molecule has 3 N–H and O–H groups in total. The van der Waals surface area contributed by atoms with Crippen LogP contribution in [0.25, 0.3) is 5.76 Å². The second-order valence-electron chi connectivity index (χ2n) is 7.25. The summed E-state index contributed by atoms with van der Waals surface area (Å²) >= 11 is 12.0. The summed E-state index contributed by atoms with van der Waals surface area (Å²) in [4.78, 5) is 27.2. The van der Waals surface area contributed by atoms with Gasteiger partial charge in [0.15, 0.2) is 0 Å². The van der Waals surface area contributed by atoms with Crippen molar-refractivity contribution in [1.29, 1.82) is 0 Å². The number of primary sulfonamides is 1.